The van der Waals surface area contributed by atoms with Crippen LogP contribution in [0.5, 0.6) is 0 Å². The van der Waals surface area contributed by atoms with Crippen molar-refractivity contribution in [3.63, 3.8) is 0 Å². The number of furan rings is 1. The highest BCUT2D eigenvalue weighted by Gasteiger charge is 2.10. The number of carbonyl (C=O) groups excluding carboxylic acids is 1. The number of rotatable bonds is 4. The molecule has 0 aliphatic rings. The molecule has 144 valence electrons. The Morgan fingerprint density at radius 1 is 1.21 bits per heavy atom. The fourth-order valence-electron chi connectivity index (χ4n) is 2.52. The zero-order valence-electron chi connectivity index (χ0n) is 14.8. The lowest BCUT2D eigenvalue weighted by molar-refractivity contribution is -0.115. The van der Waals surface area contributed by atoms with Gasteiger partial charge in [-0.15, -0.1) is 0 Å². The topological polar surface area (TPSA) is 93.2 Å². The Morgan fingerprint density at radius 2 is 2.10 bits per heavy atom. The zero-order chi connectivity index (χ0) is 20.2. The summed E-state index contributed by atoms with van der Waals surface area (Å²) < 4.78 is 11.7. The molecule has 0 saturated carbocycles. The Kier molecular flexibility index (Phi) is 5.50. The minimum absolute atomic E-state index is 0.165. The van der Waals surface area contributed by atoms with Crippen molar-refractivity contribution in [3.05, 3.63) is 71.4 Å². The first kappa shape index (κ1) is 19.0. The number of aromatic nitrogens is 2. The Morgan fingerprint density at radius 3 is 2.90 bits per heavy atom. The summed E-state index contributed by atoms with van der Waals surface area (Å²) >= 11 is 8.57. The molecule has 0 saturated heterocycles. The van der Waals surface area contributed by atoms with Crippen LogP contribution in [0.2, 0.25) is 0 Å². The lowest BCUT2D eigenvalue weighted by atomic mass is 10.3. The van der Waals surface area contributed by atoms with Crippen molar-refractivity contribution >= 4 is 62.0 Å². The number of hydrogen-bond donors (Lipinski definition) is 2. The summed E-state index contributed by atoms with van der Waals surface area (Å²) in [5.74, 6) is 0.669. The average molecular weight is 469 g/mol. The second kappa shape index (κ2) is 8.38. The van der Waals surface area contributed by atoms with Crippen LogP contribution < -0.4 is 10.6 Å². The fourth-order valence-corrected chi connectivity index (χ4v) is 3.10. The van der Waals surface area contributed by atoms with Crippen LogP contribution in [0, 0.1) is 0 Å². The van der Waals surface area contributed by atoms with Gasteiger partial charge in [0.2, 0.25) is 11.8 Å². The first-order valence-corrected chi connectivity index (χ1v) is 9.62. The van der Waals surface area contributed by atoms with Gasteiger partial charge in [0.25, 0.3) is 0 Å². The van der Waals surface area contributed by atoms with E-state index in [9.17, 15) is 4.79 Å². The third kappa shape index (κ3) is 4.76. The highest BCUT2D eigenvalue weighted by Crippen LogP contribution is 2.27. The zero-order valence-corrected chi connectivity index (χ0v) is 17.2. The monoisotopic (exact) mass is 468 g/mol. The van der Waals surface area contributed by atoms with Crippen molar-refractivity contribution in [1.82, 2.24) is 15.3 Å². The molecule has 1 aromatic carbocycles. The Balaban J connectivity index is 1.44. The number of hydrogen-bond acceptors (Lipinski definition) is 6. The standard InChI is InChI=1S/C20H13BrN4O3S/c21-13-8-12(10-22-11-13)19-24-16-9-14(3-5-17(16)28-19)23-20(29)25-18(26)6-4-15-2-1-7-27-15/h1-11H,(H2,23,25,26,29). The molecule has 0 radical (unpaired) electrons. The van der Waals surface area contributed by atoms with E-state index in [1.165, 1.54) is 12.3 Å². The smallest absolute Gasteiger partial charge is 0.250 e. The molecule has 4 aromatic rings. The molecule has 0 fully saturated rings. The van der Waals surface area contributed by atoms with Gasteiger partial charge >= 0.3 is 0 Å². The summed E-state index contributed by atoms with van der Waals surface area (Å²) in [4.78, 5) is 20.5. The second-order valence-electron chi connectivity index (χ2n) is 5.89. The third-order valence-electron chi connectivity index (χ3n) is 3.78. The largest absolute Gasteiger partial charge is 0.465 e. The summed E-state index contributed by atoms with van der Waals surface area (Å²) in [6.07, 6.45) is 7.79. The maximum absolute atomic E-state index is 11.9. The van der Waals surface area contributed by atoms with Crippen LogP contribution in [0.4, 0.5) is 5.69 Å². The molecule has 0 aliphatic carbocycles. The Bertz CT molecular complexity index is 1220. The molecule has 3 aromatic heterocycles. The molecule has 9 heteroatoms. The van der Waals surface area contributed by atoms with Gasteiger partial charge in [-0.05, 0) is 70.6 Å². The maximum atomic E-state index is 11.9. The van der Waals surface area contributed by atoms with Crippen LogP contribution in [-0.2, 0) is 4.79 Å². The van der Waals surface area contributed by atoms with Gasteiger partial charge in [-0.1, -0.05) is 0 Å². The van der Waals surface area contributed by atoms with Gasteiger partial charge in [-0.3, -0.25) is 15.1 Å². The molecule has 29 heavy (non-hydrogen) atoms. The minimum atomic E-state index is -0.370. The average Bonchev–Trinajstić information content (AvgIpc) is 3.35. The predicted octanol–water partition coefficient (Wildman–Crippen LogP) is 4.77. The van der Waals surface area contributed by atoms with E-state index in [1.54, 1.807) is 48.8 Å². The van der Waals surface area contributed by atoms with Gasteiger partial charge in [0.1, 0.15) is 11.3 Å². The van der Waals surface area contributed by atoms with Gasteiger partial charge in [-0.2, -0.15) is 0 Å². The number of carbonyl (C=O) groups is 1. The van der Waals surface area contributed by atoms with Gasteiger partial charge < -0.3 is 14.2 Å². The molecule has 4 rings (SSSR count). The highest BCUT2D eigenvalue weighted by atomic mass is 79.9. The van der Waals surface area contributed by atoms with Crippen molar-refractivity contribution in [2.24, 2.45) is 0 Å². The number of benzene rings is 1. The fraction of sp³-hybridized carbons (Fsp3) is 0. The Labute approximate surface area is 179 Å². The summed E-state index contributed by atoms with van der Waals surface area (Å²) in [7, 11) is 0. The number of anilines is 1. The molecule has 0 bridgehead atoms. The normalized spacial score (nSPS) is 11.1. The van der Waals surface area contributed by atoms with E-state index in [1.807, 2.05) is 6.07 Å². The van der Waals surface area contributed by atoms with E-state index in [-0.39, 0.29) is 11.0 Å². The molecule has 0 atom stereocenters. The van der Waals surface area contributed by atoms with E-state index in [4.69, 9.17) is 21.1 Å². The number of thiocarbonyl (C=S) groups is 1. The third-order valence-corrected chi connectivity index (χ3v) is 4.41. The molecular weight excluding hydrogens is 456 g/mol. The quantitative estimate of drug-likeness (QED) is 0.329. The van der Waals surface area contributed by atoms with Crippen LogP contribution in [-0.4, -0.2) is 21.0 Å². The highest BCUT2D eigenvalue weighted by molar-refractivity contribution is 9.10. The number of nitrogens with zero attached hydrogens (tertiary/aromatic N) is 2. The van der Waals surface area contributed by atoms with Crippen molar-refractivity contribution < 1.29 is 13.6 Å². The van der Waals surface area contributed by atoms with E-state index >= 15 is 0 Å². The number of halogens is 1. The molecule has 0 spiro atoms. The summed E-state index contributed by atoms with van der Waals surface area (Å²) in [6.45, 7) is 0. The maximum Gasteiger partial charge on any atom is 0.250 e. The summed E-state index contributed by atoms with van der Waals surface area (Å²) in [5, 5.41) is 5.69. The van der Waals surface area contributed by atoms with E-state index in [0.717, 1.165) is 10.0 Å². The first-order valence-electron chi connectivity index (χ1n) is 8.42. The summed E-state index contributed by atoms with van der Waals surface area (Å²) in [6, 6.07) is 10.7. The number of fused-ring (bicyclic) bond motifs is 1. The number of oxazole rings is 1. The van der Waals surface area contributed by atoms with Crippen LogP contribution in [0.3, 0.4) is 0 Å². The molecule has 7 nitrogen and oxygen atoms in total. The lowest BCUT2D eigenvalue weighted by Crippen LogP contribution is -2.32. The molecular formula is C20H13BrN4O3S. The summed E-state index contributed by atoms with van der Waals surface area (Å²) in [5.41, 5.74) is 2.71. The molecule has 0 unspecified atom stereocenters. The first-order chi connectivity index (χ1) is 14.1. The predicted molar refractivity (Wildman–Crippen MR) is 117 cm³/mol. The van der Waals surface area contributed by atoms with Gasteiger partial charge in [0.15, 0.2) is 10.7 Å². The van der Waals surface area contributed by atoms with Gasteiger partial charge in [0, 0.05) is 28.6 Å². The molecule has 1 amide bonds. The Hall–Kier alpha value is -3.30. The number of pyridine rings is 1. The van der Waals surface area contributed by atoms with Crippen LogP contribution in [0.15, 0.2) is 74.4 Å². The molecule has 0 aliphatic heterocycles. The molecule has 2 N–H and O–H groups in total. The van der Waals surface area contributed by atoms with Gasteiger partial charge in [-0.25, -0.2) is 4.98 Å². The van der Waals surface area contributed by atoms with E-state index in [2.05, 4.69) is 36.5 Å². The number of amides is 1. The van der Waals surface area contributed by atoms with Crippen molar-refractivity contribution in [1.29, 1.82) is 0 Å². The van der Waals surface area contributed by atoms with E-state index < -0.39 is 0 Å². The van der Waals surface area contributed by atoms with Crippen molar-refractivity contribution in [3.8, 4) is 11.5 Å². The van der Waals surface area contributed by atoms with Crippen LogP contribution in [0.25, 0.3) is 28.6 Å². The number of nitrogens with one attached hydrogen (secondary N) is 2. The lowest BCUT2D eigenvalue weighted by Gasteiger charge is -2.07. The van der Waals surface area contributed by atoms with Crippen LogP contribution in [0.1, 0.15) is 5.76 Å². The van der Waals surface area contributed by atoms with Crippen molar-refractivity contribution in [2.75, 3.05) is 5.32 Å². The second-order valence-corrected chi connectivity index (χ2v) is 7.21. The van der Waals surface area contributed by atoms with Crippen LogP contribution >= 0.6 is 28.1 Å². The minimum Gasteiger partial charge on any atom is -0.465 e. The SMILES string of the molecule is O=C(C=Cc1ccco1)NC(=S)Nc1ccc2oc(-c3cncc(Br)c3)nc2c1. The van der Waals surface area contributed by atoms with Gasteiger partial charge in [0.05, 0.1) is 11.8 Å². The van der Waals surface area contributed by atoms with Crippen molar-refractivity contribution in [2.45, 2.75) is 0 Å². The molecule has 3 heterocycles. The van der Waals surface area contributed by atoms with E-state index in [0.29, 0.717) is 28.4 Å².